The maximum atomic E-state index is 5.84. The zero-order valence-corrected chi connectivity index (χ0v) is 10.9. The molecule has 0 aliphatic carbocycles. The Kier molecular flexibility index (Phi) is 3.98. The lowest BCUT2D eigenvalue weighted by Crippen LogP contribution is -2.27. The second-order valence-electron chi connectivity index (χ2n) is 3.86. The van der Waals surface area contributed by atoms with Gasteiger partial charge in [0.15, 0.2) is 0 Å². The van der Waals surface area contributed by atoms with E-state index in [1.807, 2.05) is 22.8 Å². The number of hydrogen-bond donors (Lipinski definition) is 2. The van der Waals surface area contributed by atoms with E-state index < -0.39 is 0 Å². The molecule has 0 amide bonds. The number of nitrogens with two attached hydrogens (primary N) is 1. The van der Waals surface area contributed by atoms with Gasteiger partial charge in [0.05, 0.1) is 0 Å². The molecule has 1 unspecified atom stereocenters. The first kappa shape index (κ1) is 11.6. The Morgan fingerprint density at radius 3 is 2.81 bits per heavy atom. The monoisotopic (exact) mass is 252 g/mol. The Bertz CT molecular complexity index is 420. The number of nitrogens with one attached hydrogen (secondary N) is 1. The van der Waals surface area contributed by atoms with E-state index >= 15 is 0 Å². The first-order valence-corrected chi connectivity index (χ1v) is 7.09. The molecule has 86 valence electrons. The minimum Gasteiger partial charge on any atom is -0.398 e. The van der Waals surface area contributed by atoms with Crippen LogP contribution in [0.25, 0.3) is 0 Å². The average molecular weight is 252 g/mol. The van der Waals surface area contributed by atoms with Gasteiger partial charge in [-0.1, -0.05) is 6.07 Å². The average Bonchev–Trinajstić information content (AvgIpc) is 2.87. The number of rotatable bonds is 5. The summed E-state index contributed by atoms with van der Waals surface area (Å²) in [6.07, 6.45) is 1.09. The van der Waals surface area contributed by atoms with Crippen LogP contribution >= 0.6 is 22.7 Å². The fourth-order valence-corrected chi connectivity index (χ4v) is 3.15. The van der Waals surface area contributed by atoms with Crippen molar-refractivity contribution >= 4 is 28.4 Å². The second kappa shape index (κ2) is 5.48. The molecule has 0 bridgehead atoms. The summed E-state index contributed by atoms with van der Waals surface area (Å²) >= 11 is 3.53. The van der Waals surface area contributed by atoms with Crippen LogP contribution in [0.5, 0.6) is 0 Å². The third-order valence-electron chi connectivity index (χ3n) is 2.48. The number of thiophene rings is 2. The van der Waals surface area contributed by atoms with Gasteiger partial charge in [0.1, 0.15) is 0 Å². The van der Waals surface area contributed by atoms with Crippen LogP contribution in [0.3, 0.4) is 0 Å². The van der Waals surface area contributed by atoms with Gasteiger partial charge in [-0.05, 0) is 36.2 Å². The second-order valence-corrected chi connectivity index (χ2v) is 5.90. The van der Waals surface area contributed by atoms with Crippen LogP contribution in [-0.4, -0.2) is 6.04 Å². The molecule has 0 aliphatic rings. The highest BCUT2D eigenvalue weighted by Gasteiger charge is 2.06. The van der Waals surface area contributed by atoms with Crippen LogP contribution < -0.4 is 11.1 Å². The standard InChI is InChI=1S/C12H16N2S2/c1-9(7-10-3-2-5-15-10)14-8-12-11(13)4-6-16-12/h2-6,9,14H,7-8,13H2,1H3. The van der Waals surface area contributed by atoms with Gasteiger partial charge in [0.2, 0.25) is 0 Å². The molecule has 16 heavy (non-hydrogen) atoms. The lowest BCUT2D eigenvalue weighted by Gasteiger charge is -2.12. The Morgan fingerprint density at radius 1 is 1.31 bits per heavy atom. The zero-order chi connectivity index (χ0) is 11.4. The molecular weight excluding hydrogens is 236 g/mol. The van der Waals surface area contributed by atoms with Gasteiger partial charge in [-0.25, -0.2) is 0 Å². The van der Waals surface area contributed by atoms with Crippen molar-refractivity contribution in [1.29, 1.82) is 0 Å². The molecule has 0 fully saturated rings. The van der Waals surface area contributed by atoms with Crippen molar-refractivity contribution in [2.24, 2.45) is 0 Å². The van der Waals surface area contributed by atoms with E-state index in [-0.39, 0.29) is 0 Å². The van der Waals surface area contributed by atoms with Crippen LogP contribution in [0.2, 0.25) is 0 Å². The summed E-state index contributed by atoms with van der Waals surface area (Å²) in [6, 6.07) is 6.73. The van der Waals surface area contributed by atoms with Crippen molar-refractivity contribution in [3.8, 4) is 0 Å². The quantitative estimate of drug-likeness (QED) is 0.858. The molecule has 2 aromatic heterocycles. The van der Waals surface area contributed by atoms with Crippen LogP contribution in [0.4, 0.5) is 5.69 Å². The number of nitrogen functional groups attached to an aromatic ring is 1. The summed E-state index contributed by atoms with van der Waals surface area (Å²) in [6.45, 7) is 3.08. The van der Waals surface area contributed by atoms with Crippen LogP contribution in [-0.2, 0) is 13.0 Å². The first-order valence-electron chi connectivity index (χ1n) is 5.33. The highest BCUT2D eigenvalue weighted by molar-refractivity contribution is 7.10. The van der Waals surface area contributed by atoms with Gasteiger partial charge in [0, 0.05) is 28.0 Å². The highest BCUT2D eigenvalue weighted by Crippen LogP contribution is 2.18. The molecule has 2 nitrogen and oxygen atoms in total. The molecule has 0 spiro atoms. The minimum atomic E-state index is 0.486. The van der Waals surface area contributed by atoms with Gasteiger partial charge in [-0.15, -0.1) is 22.7 Å². The molecule has 4 heteroatoms. The molecule has 2 heterocycles. The molecule has 3 N–H and O–H groups in total. The van der Waals surface area contributed by atoms with Gasteiger partial charge >= 0.3 is 0 Å². The van der Waals surface area contributed by atoms with Gasteiger partial charge < -0.3 is 11.1 Å². The van der Waals surface area contributed by atoms with Crippen molar-refractivity contribution in [3.63, 3.8) is 0 Å². The molecule has 1 atom stereocenters. The predicted molar refractivity (Wildman–Crippen MR) is 73.1 cm³/mol. The third-order valence-corrected chi connectivity index (χ3v) is 4.31. The Hall–Kier alpha value is -0.840. The smallest absolute Gasteiger partial charge is 0.0468 e. The Labute approximate surface area is 104 Å². The van der Waals surface area contributed by atoms with Crippen molar-refractivity contribution in [2.45, 2.75) is 25.9 Å². The van der Waals surface area contributed by atoms with E-state index in [1.165, 1.54) is 9.75 Å². The fourth-order valence-electron chi connectivity index (χ4n) is 1.56. The van der Waals surface area contributed by atoms with E-state index in [1.54, 1.807) is 11.3 Å². The first-order chi connectivity index (χ1) is 7.75. The summed E-state index contributed by atoms with van der Waals surface area (Å²) in [5.41, 5.74) is 6.74. The Balaban J connectivity index is 1.80. The summed E-state index contributed by atoms with van der Waals surface area (Å²) in [7, 11) is 0. The van der Waals surface area contributed by atoms with Crippen LogP contribution in [0.15, 0.2) is 29.0 Å². The number of anilines is 1. The summed E-state index contributed by atoms with van der Waals surface area (Å²) in [5, 5.41) is 7.66. The molecule has 2 aromatic rings. The van der Waals surface area contributed by atoms with Crippen LogP contribution in [0.1, 0.15) is 16.7 Å². The van der Waals surface area contributed by atoms with Crippen molar-refractivity contribution in [1.82, 2.24) is 5.32 Å². The van der Waals surface area contributed by atoms with Gasteiger partial charge in [0.25, 0.3) is 0 Å². The van der Waals surface area contributed by atoms with E-state index in [4.69, 9.17) is 5.73 Å². The molecule has 0 radical (unpaired) electrons. The minimum absolute atomic E-state index is 0.486. The summed E-state index contributed by atoms with van der Waals surface area (Å²) < 4.78 is 0. The molecule has 0 saturated carbocycles. The van der Waals surface area contributed by atoms with Crippen LogP contribution in [0, 0.1) is 0 Å². The molecule has 0 aromatic carbocycles. The molecule has 0 saturated heterocycles. The summed E-state index contributed by atoms with van der Waals surface area (Å²) in [4.78, 5) is 2.66. The van der Waals surface area contributed by atoms with E-state index in [0.717, 1.165) is 18.7 Å². The predicted octanol–water partition coefficient (Wildman–Crippen LogP) is 3.11. The molecule has 2 rings (SSSR count). The Morgan fingerprint density at radius 2 is 2.19 bits per heavy atom. The highest BCUT2D eigenvalue weighted by atomic mass is 32.1. The summed E-state index contributed by atoms with van der Waals surface area (Å²) in [5.74, 6) is 0. The zero-order valence-electron chi connectivity index (χ0n) is 9.27. The van der Waals surface area contributed by atoms with Crippen molar-refractivity contribution in [3.05, 3.63) is 38.7 Å². The maximum Gasteiger partial charge on any atom is 0.0468 e. The largest absolute Gasteiger partial charge is 0.398 e. The lowest BCUT2D eigenvalue weighted by molar-refractivity contribution is 0.552. The fraction of sp³-hybridized carbons (Fsp3) is 0.333. The molecule has 0 aliphatic heterocycles. The van der Waals surface area contributed by atoms with Crippen molar-refractivity contribution < 1.29 is 0 Å². The normalized spacial score (nSPS) is 12.8. The van der Waals surface area contributed by atoms with E-state index in [0.29, 0.717) is 6.04 Å². The van der Waals surface area contributed by atoms with E-state index in [2.05, 4.69) is 29.8 Å². The van der Waals surface area contributed by atoms with Gasteiger partial charge in [-0.3, -0.25) is 0 Å². The third kappa shape index (κ3) is 3.07. The number of hydrogen-bond acceptors (Lipinski definition) is 4. The lowest BCUT2D eigenvalue weighted by atomic mass is 10.2. The molecular formula is C12H16N2S2. The SMILES string of the molecule is CC(Cc1cccs1)NCc1sccc1N. The maximum absolute atomic E-state index is 5.84. The van der Waals surface area contributed by atoms with Gasteiger partial charge in [-0.2, -0.15) is 0 Å². The topological polar surface area (TPSA) is 38.0 Å². The van der Waals surface area contributed by atoms with E-state index in [9.17, 15) is 0 Å². The van der Waals surface area contributed by atoms with Crippen molar-refractivity contribution in [2.75, 3.05) is 5.73 Å².